The van der Waals surface area contributed by atoms with Crippen molar-refractivity contribution in [2.24, 2.45) is 0 Å². The van der Waals surface area contributed by atoms with Gasteiger partial charge in [0.05, 0.1) is 5.56 Å². The molecule has 0 aromatic heterocycles. The molecule has 0 spiro atoms. The van der Waals surface area contributed by atoms with Crippen LogP contribution < -0.4 is 0 Å². The first-order valence-corrected chi connectivity index (χ1v) is 5.82. The third kappa shape index (κ3) is 3.90. The molecule has 0 unspecified atom stereocenters. The zero-order valence-corrected chi connectivity index (χ0v) is 10.2. The van der Waals surface area contributed by atoms with Crippen molar-refractivity contribution in [3.8, 4) is 11.8 Å². The molecule has 0 aliphatic rings. The number of carbonyl (C=O) groups excluding carboxylic acids is 1. The van der Waals surface area contributed by atoms with Crippen molar-refractivity contribution < 1.29 is 18.0 Å². The predicted molar refractivity (Wildman–Crippen MR) is 62.1 cm³/mol. The highest BCUT2D eigenvalue weighted by atomic mass is 79.9. The van der Waals surface area contributed by atoms with Gasteiger partial charge in [-0.1, -0.05) is 33.8 Å². The minimum Gasteiger partial charge on any atom is -0.298 e. The number of hydrogen-bond acceptors (Lipinski definition) is 1. The van der Waals surface area contributed by atoms with E-state index < -0.39 is 11.7 Å². The number of benzene rings is 1. The molecule has 0 radical (unpaired) electrons. The van der Waals surface area contributed by atoms with E-state index in [0.29, 0.717) is 18.0 Å². The quantitative estimate of drug-likeness (QED) is 0.463. The zero-order valence-electron chi connectivity index (χ0n) is 8.64. The van der Waals surface area contributed by atoms with Gasteiger partial charge < -0.3 is 0 Å². The maximum absolute atomic E-state index is 12.7. The van der Waals surface area contributed by atoms with Crippen LogP contribution in [0.25, 0.3) is 0 Å². The Balaban J connectivity index is 3.22. The molecule has 90 valence electrons. The smallest absolute Gasteiger partial charge is 0.298 e. The highest BCUT2D eigenvalue weighted by Gasteiger charge is 2.33. The third-order valence-electron chi connectivity index (χ3n) is 1.93. The van der Waals surface area contributed by atoms with Crippen molar-refractivity contribution in [3.63, 3.8) is 0 Å². The maximum Gasteiger partial charge on any atom is 0.417 e. The molecule has 0 amide bonds. The van der Waals surface area contributed by atoms with Gasteiger partial charge in [0.1, 0.15) is 6.29 Å². The first-order valence-electron chi connectivity index (χ1n) is 4.70. The highest BCUT2D eigenvalue weighted by molar-refractivity contribution is 9.09. The average Bonchev–Trinajstić information content (AvgIpc) is 2.28. The molecule has 1 aromatic carbocycles. The van der Waals surface area contributed by atoms with Crippen molar-refractivity contribution in [3.05, 3.63) is 34.9 Å². The van der Waals surface area contributed by atoms with E-state index >= 15 is 0 Å². The van der Waals surface area contributed by atoms with E-state index in [1.165, 1.54) is 12.1 Å². The van der Waals surface area contributed by atoms with Crippen LogP contribution in [0.2, 0.25) is 0 Å². The second-order valence-corrected chi connectivity index (χ2v) is 3.95. The highest BCUT2D eigenvalue weighted by Crippen LogP contribution is 2.32. The number of carbonyl (C=O) groups is 1. The van der Waals surface area contributed by atoms with Crippen LogP contribution in [-0.4, -0.2) is 11.6 Å². The van der Waals surface area contributed by atoms with Crippen molar-refractivity contribution in [1.82, 2.24) is 0 Å². The maximum atomic E-state index is 12.7. The second kappa shape index (κ2) is 5.87. The molecule has 1 rings (SSSR count). The Bertz CT molecular complexity index is 469. The lowest BCUT2D eigenvalue weighted by atomic mass is 10.0. The molecule has 17 heavy (non-hydrogen) atoms. The molecule has 1 aromatic rings. The fourth-order valence-corrected chi connectivity index (χ4v) is 1.38. The van der Waals surface area contributed by atoms with Gasteiger partial charge >= 0.3 is 6.18 Å². The molecular formula is C12H8BrF3O. The van der Waals surface area contributed by atoms with Crippen LogP contribution in [0.1, 0.15) is 27.9 Å². The molecule has 0 saturated carbocycles. The zero-order chi connectivity index (χ0) is 12.9. The van der Waals surface area contributed by atoms with Gasteiger partial charge in [0.15, 0.2) is 0 Å². The van der Waals surface area contributed by atoms with Crippen LogP contribution in [0.15, 0.2) is 18.2 Å². The molecule has 0 aliphatic heterocycles. The first-order chi connectivity index (χ1) is 7.99. The number of halogens is 4. The summed E-state index contributed by atoms with van der Waals surface area (Å²) in [6.45, 7) is 0. The molecule has 0 fully saturated rings. The summed E-state index contributed by atoms with van der Waals surface area (Å²) in [6.07, 6.45) is -3.66. The molecule has 0 aliphatic carbocycles. The molecule has 0 N–H and O–H groups in total. The summed E-state index contributed by atoms with van der Waals surface area (Å²) in [5, 5.41) is 0.605. The topological polar surface area (TPSA) is 17.1 Å². The lowest BCUT2D eigenvalue weighted by molar-refractivity contribution is -0.137. The summed E-state index contributed by atoms with van der Waals surface area (Å²) in [6, 6.07) is 3.35. The molecule has 5 heteroatoms. The van der Waals surface area contributed by atoms with Crippen molar-refractivity contribution in [2.75, 3.05) is 5.33 Å². The van der Waals surface area contributed by atoms with Crippen molar-refractivity contribution in [1.29, 1.82) is 0 Å². The Morgan fingerprint density at radius 3 is 2.59 bits per heavy atom. The van der Waals surface area contributed by atoms with Gasteiger partial charge in [-0.2, -0.15) is 13.2 Å². The van der Waals surface area contributed by atoms with Gasteiger partial charge in [0.2, 0.25) is 0 Å². The fourth-order valence-electron chi connectivity index (χ4n) is 1.18. The summed E-state index contributed by atoms with van der Waals surface area (Å²) < 4.78 is 38.0. The lowest BCUT2D eigenvalue weighted by Crippen LogP contribution is -2.08. The Morgan fingerprint density at radius 1 is 1.35 bits per heavy atom. The summed E-state index contributed by atoms with van der Waals surface area (Å²) in [5.41, 5.74) is -0.989. The minimum atomic E-state index is -4.50. The number of hydrogen-bond donors (Lipinski definition) is 0. The van der Waals surface area contributed by atoms with E-state index in [2.05, 4.69) is 27.8 Å². The third-order valence-corrected chi connectivity index (χ3v) is 2.32. The van der Waals surface area contributed by atoms with Crippen LogP contribution in [0.5, 0.6) is 0 Å². The van der Waals surface area contributed by atoms with Crippen LogP contribution in [0.4, 0.5) is 13.2 Å². The van der Waals surface area contributed by atoms with Crippen LogP contribution in [-0.2, 0) is 6.18 Å². The van der Waals surface area contributed by atoms with Gasteiger partial charge in [-0.25, -0.2) is 0 Å². The largest absolute Gasteiger partial charge is 0.417 e. The van der Waals surface area contributed by atoms with Crippen molar-refractivity contribution >= 4 is 22.2 Å². The Hall–Kier alpha value is -1.28. The van der Waals surface area contributed by atoms with Gasteiger partial charge in [-0.15, -0.1) is 0 Å². The van der Waals surface area contributed by atoms with Gasteiger partial charge in [0.25, 0.3) is 0 Å². The summed E-state index contributed by atoms with van der Waals surface area (Å²) in [4.78, 5) is 10.4. The van der Waals surface area contributed by atoms with E-state index in [1.807, 2.05) is 0 Å². The summed E-state index contributed by atoms with van der Waals surface area (Å²) >= 11 is 3.13. The average molecular weight is 305 g/mol. The Morgan fingerprint density at radius 2 is 2.06 bits per heavy atom. The normalized spacial score (nSPS) is 10.6. The second-order valence-electron chi connectivity index (χ2n) is 3.16. The molecule has 0 saturated heterocycles. The molecule has 0 heterocycles. The standard InChI is InChI=1S/C12H8BrF3O/c13-6-2-1-3-10-5-4-9(8-17)7-11(10)12(14,15)16/h4-5,7-8H,2,6H2. The van der Waals surface area contributed by atoms with E-state index in [9.17, 15) is 18.0 Å². The van der Waals surface area contributed by atoms with Crippen LogP contribution in [0.3, 0.4) is 0 Å². The lowest BCUT2D eigenvalue weighted by Gasteiger charge is -2.09. The predicted octanol–water partition coefficient (Wildman–Crippen LogP) is 3.65. The Labute approximate surface area is 105 Å². The summed E-state index contributed by atoms with van der Waals surface area (Å²) in [5.74, 6) is 5.07. The summed E-state index contributed by atoms with van der Waals surface area (Å²) in [7, 11) is 0. The fraction of sp³-hybridized carbons (Fsp3) is 0.250. The van der Waals surface area contributed by atoms with Gasteiger partial charge in [0, 0.05) is 22.9 Å². The SMILES string of the molecule is O=Cc1ccc(C#CCCBr)c(C(F)(F)F)c1. The molecule has 0 bridgehead atoms. The van der Waals surface area contributed by atoms with Gasteiger partial charge in [-0.05, 0) is 12.1 Å². The van der Waals surface area contributed by atoms with Crippen LogP contribution in [0, 0.1) is 11.8 Å². The first kappa shape index (κ1) is 13.8. The molecule has 0 atom stereocenters. The van der Waals surface area contributed by atoms with E-state index in [4.69, 9.17) is 0 Å². The van der Waals surface area contributed by atoms with E-state index in [0.717, 1.165) is 6.07 Å². The Kier molecular flexibility index (Phi) is 4.76. The van der Waals surface area contributed by atoms with E-state index in [1.54, 1.807) is 0 Å². The molecule has 1 nitrogen and oxygen atoms in total. The van der Waals surface area contributed by atoms with Crippen molar-refractivity contribution in [2.45, 2.75) is 12.6 Å². The molecular weight excluding hydrogens is 297 g/mol. The van der Waals surface area contributed by atoms with Crippen LogP contribution >= 0.6 is 15.9 Å². The number of rotatable bonds is 2. The van der Waals surface area contributed by atoms with Gasteiger partial charge in [-0.3, -0.25) is 4.79 Å². The van der Waals surface area contributed by atoms with E-state index in [-0.39, 0.29) is 11.1 Å². The monoisotopic (exact) mass is 304 g/mol. The number of aldehydes is 1. The number of alkyl halides is 4. The minimum absolute atomic E-state index is 0.0108.